The predicted octanol–water partition coefficient (Wildman–Crippen LogP) is 1.06. The SMILES string of the molecule is O=C(O)N1CCN(C(=O)O)[C@H](CCn2[nH]c(=O)c3ccccc32)C1. The lowest BCUT2D eigenvalue weighted by Crippen LogP contribution is -2.56. The molecule has 9 heteroatoms. The number of piperazine rings is 1. The summed E-state index contributed by atoms with van der Waals surface area (Å²) in [7, 11) is 0. The van der Waals surface area contributed by atoms with E-state index in [2.05, 4.69) is 5.10 Å². The minimum Gasteiger partial charge on any atom is -0.465 e. The third kappa shape index (κ3) is 2.92. The minimum atomic E-state index is -1.06. The Morgan fingerprint density at radius 2 is 1.92 bits per heavy atom. The molecule has 1 saturated heterocycles. The zero-order chi connectivity index (χ0) is 17.3. The number of fused-ring (bicyclic) bond motifs is 1. The van der Waals surface area contributed by atoms with Gasteiger partial charge in [-0.2, -0.15) is 0 Å². The van der Waals surface area contributed by atoms with Gasteiger partial charge in [0.25, 0.3) is 5.56 Å². The van der Waals surface area contributed by atoms with Crippen LogP contribution < -0.4 is 5.56 Å². The second-order valence-electron chi connectivity index (χ2n) is 5.76. The number of benzene rings is 1. The number of aryl methyl sites for hydroxylation is 1. The molecule has 2 heterocycles. The number of carbonyl (C=O) groups is 2. The molecule has 3 rings (SSSR count). The van der Waals surface area contributed by atoms with Crippen molar-refractivity contribution in [1.29, 1.82) is 0 Å². The maximum absolute atomic E-state index is 11.9. The van der Waals surface area contributed by atoms with Gasteiger partial charge in [-0.15, -0.1) is 0 Å². The highest BCUT2D eigenvalue weighted by molar-refractivity contribution is 5.78. The van der Waals surface area contributed by atoms with Crippen molar-refractivity contribution in [2.45, 2.75) is 19.0 Å². The molecule has 9 nitrogen and oxygen atoms in total. The lowest BCUT2D eigenvalue weighted by atomic mass is 10.1. The molecular formula is C15H18N4O5. The fourth-order valence-corrected chi connectivity index (χ4v) is 3.13. The molecule has 1 atom stereocenters. The van der Waals surface area contributed by atoms with Crippen LogP contribution in [-0.2, 0) is 6.54 Å². The molecule has 0 saturated carbocycles. The number of hydrogen-bond donors (Lipinski definition) is 3. The van der Waals surface area contributed by atoms with Gasteiger partial charge in [0.05, 0.1) is 16.9 Å². The van der Waals surface area contributed by atoms with Gasteiger partial charge >= 0.3 is 12.2 Å². The first-order chi connectivity index (χ1) is 11.5. The maximum atomic E-state index is 11.9. The number of amides is 2. The fourth-order valence-electron chi connectivity index (χ4n) is 3.13. The van der Waals surface area contributed by atoms with Crippen LogP contribution in [0.25, 0.3) is 10.9 Å². The summed E-state index contributed by atoms with van der Waals surface area (Å²) in [5.41, 5.74) is 0.548. The van der Waals surface area contributed by atoms with Gasteiger partial charge in [0.2, 0.25) is 0 Å². The van der Waals surface area contributed by atoms with E-state index in [0.29, 0.717) is 18.4 Å². The molecule has 128 valence electrons. The molecular weight excluding hydrogens is 316 g/mol. The second-order valence-corrected chi connectivity index (χ2v) is 5.76. The van der Waals surface area contributed by atoms with E-state index in [9.17, 15) is 19.5 Å². The van der Waals surface area contributed by atoms with Gasteiger partial charge in [-0.1, -0.05) is 12.1 Å². The van der Waals surface area contributed by atoms with Gasteiger partial charge in [-0.3, -0.25) is 14.6 Å². The molecule has 0 unspecified atom stereocenters. The number of para-hydroxylation sites is 1. The van der Waals surface area contributed by atoms with Crippen molar-refractivity contribution in [3.8, 4) is 0 Å². The van der Waals surface area contributed by atoms with Gasteiger partial charge in [-0.05, 0) is 18.6 Å². The zero-order valence-electron chi connectivity index (χ0n) is 12.9. The Kier molecular flexibility index (Phi) is 4.15. The lowest BCUT2D eigenvalue weighted by molar-refractivity contribution is 0.0595. The molecule has 0 spiro atoms. The molecule has 24 heavy (non-hydrogen) atoms. The van der Waals surface area contributed by atoms with Crippen LogP contribution in [0.5, 0.6) is 0 Å². The van der Waals surface area contributed by atoms with E-state index < -0.39 is 18.2 Å². The molecule has 3 N–H and O–H groups in total. The van der Waals surface area contributed by atoms with Crippen LogP contribution in [-0.4, -0.2) is 67.7 Å². The predicted molar refractivity (Wildman–Crippen MR) is 85.3 cm³/mol. The van der Waals surface area contributed by atoms with Crippen molar-refractivity contribution in [3.63, 3.8) is 0 Å². The van der Waals surface area contributed by atoms with E-state index in [4.69, 9.17) is 5.11 Å². The Morgan fingerprint density at radius 3 is 2.62 bits per heavy atom. The first-order valence-corrected chi connectivity index (χ1v) is 7.62. The molecule has 0 bridgehead atoms. The van der Waals surface area contributed by atoms with Crippen molar-refractivity contribution >= 4 is 23.1 Å². The maximum Gasteiger partial charge on any atom is 0.407 e. The Bertz CT molecular complexity index is 827. The van der Waals surface area contributed by atoms with E-state index in [1.807, 2.05) is 12.1 Å². The number of H-pyrrole nitrogens is 1. The number of nitrogens with one attached hydrogen (secondary N) is 1. The van der Waals surface area contributed by atoms with Crippen LogP contribution in [0.1, 0.15) is 6.42 Å². The summed E-state index contributed by atoms with van der Waals surface area (Å²) in [6, 6.07) is 6.69. The quantitative estimate of drug-likeness (QED) is 0.775. The normalized spacial score (nSPS) is 18.1. The van der Waals surface area contributed by atoms with Crippen LogP contribution >= 0.6 is 0 Å². The Morgan fingerprint density at radius 1 is 1.17 bits per heavy atom. The van der Waals surface area contributed by atoms with Gasteiger partial charge in [-0.25, -0.2) is 9.59 Å². The van der Waals surface area contributed by atoms with Crippen molar-refractivity contribution < 1.29 is 19.8 Å². The monoisotopic (exact) mass is 334 g/mol. The van der Waals surface area contributed by atoms with Gasteiger partial charge in [0.1, 0.15) is 0 Å². The fraction of sp³-hybridized carbons (Fsp3) is 0.400. The molecule has 1 aliphatic heterocycles. The summed E-state index contributed by atoms with van der Waals surface area (Å²) < 4.78 is 1.68. The van der Waals surface area contributed by atoms with E-state index in [-0.39, 0.29) is 25.2 Å². The topological polar surface area (TPSA) is 119 Å². The number of hydrogen-bond acceptors (Lipinski definition) is 3. The van der Waals surface area contributed by atoms with Gasteiger partial charge < -0.3 is 20.0 Å². The third-order valence-electron chi connectivity index (χ3n) is 4.36. The smallest absolute Gasteiger partial charge is 0.407 e. The minimum absolute atomic E-state index is 0.130. The van der Waals surface area contributed by atoms with Crippen LogP contribution in [0.15, 0.2) is 29.1 Å². The van der Waals surface area contributed by atoms with Crippen LogP contribution in [0.4, 0.5) is 9.59 Å². The van der Waals surface area contributed by atoms with Gasteiger partial charge in [0.15, 0.2) is 0 Å². The summed E-state index contributed by atoms with van der Waals surface area (Å²) in [5, 5.41) is 21.7. The molecule has 0 aliphatic carbocycles. The van der Waals surface area contributed by atoms with E-state index in [1.165, 1.54) is 9.80 Å². The zero-order valence-corrected chi connectivity index (χ0v) is 12.9. The van der Waals surface area contributed by atoms with Crippen molar-refractivity contribution in [3.05, 3.63) is 34.6 Å². The van der Waals surface area contributed by atoms with E-state index in [0.717, 1.165) is 5.52 Å². The van der Waals surface area contributed by atoms with E-state index in [1.54, 1.807) is 16.8 Å². The number of rotatable bonds is 3. The molecule has 1 aliphatic rings. The summed E-state index contributed by atoms with van der Waals surface area (Å²) in [5.74, 6) is 0. The molecule has 0 radical (unpaired) electrons. The van der Waals surface area contributed by atoms with Crippen molar-refractivity contribution in [2.24, 2.45) is 0 Å². The largest absolute Gasteiger partial charge is 0.465 e. The highest BCUT2D eigenvalue weighted by Gasteiger charge is 2.32. The first kappa shape index (κ1) is 15.9. The summed E-state index contributed by atoms with van der Waals surface area (Å²) >= 11 is 0. The second kappa shape index (κ2) is 6.26. The Balaban J connectivity index is 1.78. The standard InChI is InChI=1S/C15H18N4O5/c20-13-11-3-1-2-4-12(11)19(16-13)6-5-10-9-17(14(21)22)7-8-18(10)15(23)24/h1-4,10H,5-9H2,(H,16,20)(H,21,22)(H,23,24)/t10-/m1/s1. The average Bonchev–Trinajstić information content (AvgIpc) is 2.89. The molecule has 1 fully saturated rings. The number of aromatic amines is 1. The highest BCUT2D eigenvalue weighted by atomic mass is 16.4. The first-order valence-electron chi connectivity index (χ1n) is 7.62. The number of carboxylic acid groups (broad SMARTS) is 2. The van der Waals surface area contributed by atoms with Crippen LogP contribution in [0, 0.1) is 0 Å². The summed E-state index contributed by atoms with van der Waals surface area (Å²) in [6.45, 7) is 0.840. The number of nitrogens with zero attached hydrogens (tertiary/aromatic N) is 3. The highest BCUT2D eigenvalue weighted by Crippen LogP contribution is 2.16. The molecule has 1 aromatic carbocycles. The van der Waals surface area contributed by atoms with Crippen molar-refractivity contribution in [2.75, 3.05) is 19.6 Å². The van der Waals surface area contributed by atoms with Crippen LogP contribution in [0.2, 0.25) is 0 Å². The Hall–Kier alpha value is -2.97. The lowest BCUT2D eigenvalue weighted by Gasteiger charge is -2.38. The molecule has 1 aromatic heterocycles. The van der Waals surface area contributed by atoms with E-state index >= 15 is 0 Å². The summed E-state index contributed by atoms with van der Waals surface area (Å²) in [6.07, 6.45) is -1.70. The van der Waals surface area contributed by atoms with Crippen molar-refractivity contribution in [1.82, 2.24) is 19.6 Å². The molecule has 2 aromatic rings. The third-order valence-corrected chi connectivity index (χ3v) is 4.36. The molecule has 2 amide bonds. The van der Waals surface area contributed by atoms with Crippen LogP contribution in [0.3, 0.4) is 0 Å². The average molecular weight is 334 g/mol. The number of aromatic nitrogens is 2. The summed E-state index contributed by atoms with van der Waals surface area (Å²) in [4.78, 5) is 36.9. The van der Waals surface area contributed by atoms with Gasteiger partial charge in [0, 0.05) is 26.2 Å². The Labute approximate surface area is 136 Å².